The highest BCUT2D eigenvalue weighted by Crippen LogP contribution is 2.39. The van der Waals surface area contributed by atoms with Crippen molar-refractivity contribution in [3.05, 3.63) is 0 Å². The SMILES string of the molecule is CCC1CCC(C)N1CCC1(CN)CCCCC1. The van der Waals surface area contributed by atoms with E-state index in [1.807, 2.05) is 0 Å². The van der Waals surface area contributed by atoms with E-state index < -0.39 is 0 Å². The molecule has 0 radical (unpaired) electrons. The molecule has 106 valence electrons. The molecule has 1 saturated heterocycles. The Morgan fingerprint density at radius 1 is 1.17 bits per heavy atom. The quantitative estimate of drug-likeness (QED) is 0.811. The van der Waals surface area contributed by atoms with Crippen molar-refractivity contribution in [1.29, 1.82) is 0 Å². The molecule has 2 fully saturated rings. The summed E-state index contributed by atoms with van der Waals surface area (Å²) in [6.45, 7) is 6.95. The normalized spacial score (nSPS) is 32.8. The fourth-order valence-electron chi connectivity index (χ4n) is 4.19. The van der Waals surface area contributed by atoms with Crippen LogP contribution in [0.1, 0.15) is 71.6 Å². The van der Waals surface area contributed by atoms with Crippen LogP contribution < -0.4 is 5.73 Å². The van der Waals surface area contributed by atoms with E-state index in [9.17, 15) is 0 Å². The molecule has 2 unspecified atom stereocenters. The predicted molar refractivity (Wildman–Crippen MR) is 78.7 cm³/mol. The summed E-state index contributed by atoms with van der Waals surface area (Å²) in [5, 5.41) is 0. The molecular formula is C16H32N2. The molecule has 1 aliphatic heterocycles. The van der Waals surface area contributed by atoms with Crippen molar-refractivity contribution in [2.45, 2.75) is 83.7 Å². The second-order valence-electron chi connectivity index (χ2n) is 6.74. The summed E-state index contributed by atoms with van der Waals surface area (Å²) in [6.07, 6.45) is 12.5. The summed E-state index contributed by atoms with van der Waals surface area (Å²) < 4.78 is 0. The van der Waals surface area contributed by atoms with Crippen molar-refractivity contribution in [2.75, 3.05) is 13.1 Å². The molecule has 2 atom stereocenters. The first-order chi connectivity index (χ1) is 8.71. The van der Waals surface area contributed by atoms with Crippen LogP contribution >= 0.6 is 0 Å². The third-order valence-electron chi connectivity index (χ3n) is 5.67. The van der Waals surface area contributed by atoms with E-state index in [1.165, 1.54) is 64.3 Å². The number of hydrogen-bond acceptors (Lipinski definition) is 2. The Bertz CT molecular complexity index is 245. The molecule has 0 aromatic heterocycles. The molecule has 2 heteroatoms. The smallest absolute Gasteiger partial charge is 0.00960 e. The second-order valence-corrected chi connectivity index (χ2v) is 6.74. The van der Waals surface area contributed by atoms with Gasteiger partial charge in [-0.3, -0.25) is 4.90 Å². The van der Waals surface area contributed by atoms with Crippen molar-refractivity contribution in [3.8, 4) is 0 Å². The van der Waals surface area contributed by atoms with Crippen LogP contribution in [0.2, 0.25) is 0 Å². The molecule has 1 aliphatic carbocycles. The van der Waals surface area contributed by atoms with Crippen LogP contribution in [-0.4, -0.2) is 30.1 Å². The summed E-state index contributed by atoms with van der Waals surface area (Å²) >= 11 is 0. The Morgan fingerprint density at radius 3 is 2.50 bits per heavy atom. The molecule has 2 rings (SSSR count). The maximum atomic E-state index is 6.11. The number of hydrogen-bond donors (Lipinski definition) is 1. The molecule has 0 amide bonds. The Kier molecular flexibility index (Phi) is 5.08. The number of nitrogens with two attached hydrogens (primary N) is 1. The first kappa shape index (κ1) is 14.3. The van der Waals surface area contributed by atoms with Gasteiger partial charge in [-0.15, -0.1) is 0 Å². The Labute approximate surface area is 113 Å². The Balaban J connectivity index is 1.88. The van der Waals surface area contributed by atoms with Crippen molar-refractivity contribution in [1.82, 2.24) is 4.90 Å². The highest BCUT2D eigenvalue weighted by Gasteiger charge is 2.34. The molecule has 2 nitrogen and oxygen atoms in total. The lowest BCUT2D eigenvalue weighted by molar-refractivity contribution is 0.123. The molecule has 2 aliphatic rings. The third-order valence-corrected chi connectivity index (χ3v) is 5.67. The minimum absolute atomic E-state index is 0.485. The van der Waals surface area contributed by atoms with Crippen LogP contribution in [0, 0.1) is 5.41 Å². The minimum Gasteiger partial charge on any atom is -0.330 e. The molecule has 1 saturated carbocycles. The van der Waals surface area contributed by atoms with E-state index >= 15 is 0 Å². The first-order valence-corrected chi connectivity index (χ1v) is 8.16. The highest BCUT2D eigenvalue weighted by molar-refractivity contribution is 4.89. The fourth-order valence-corrected chi connectivity index (χ4v) is 4.19. The molecule has 0 spiro atoms. The van der Waals surface area contributed by atoms with Gasteiger partial charge in [0.2, 0.25) is 0 Å². The van der Waals surface area contributed by atoms with Crippen LogP contribution in [0.4, 0.5) is 0 Å². The lowest BCUT2D eigenvalue weighted by Crippen LogP contribution is -2.40. The van der Waals surface area contributed by atoms with Gasteiger partial charge in [0.1, 0.15) is 0 Å². The summed E-state index contributed by atoms with van der Waals surface area (Å²) in [6, 6.07) is 1.65. The lowest BCUT2D eigenvalue weighted by atomic mass is 9.72. The van der Waals surface area contributed by atoms with E-state index in [2.05, 4.69) is 18.7 Å². The summed E-state index contributed by atoms with van der Waals surface area (Å²) in [4.78, 5) is 2.77. The van der Waals surface area contributed by atoms with Gasteiger partial charge in [0, 0.05) is 12.1 Å². The first-order valence-electron chi connectivity index (χ1n) is 8.16. The third kappa shape index (κ3) is 3.08. The maximum Gasteiger partial charge on any atom is 0.00960 e. The van der Waals surface area contributed by atoms with Crippen molar-refractivity contribution in [3.63, 3.8) is 0 Å². The van der Waals surface area contributed by atoms with Crippen LogP contribution in [0.3, 0.4) is 0 Å². The highest BCUT2D eigenvalue weighted by atomic mass is 15.2. The molecule has 2 N–H and O–H groups in total. The largest absolute Gasteiger partial charge is 0.330 e. The van der Waals surface area contributed by atoms with Gasteiger partial charge in [0.25, 0.3) is 0 Å². The Hall–Kier alpha value is -0.0800. The molecule has 0 aromatic rings. The molecule has 1 heterocycles. The van der Waals surface area contributed by atoms with Gasteiger partial charge in [0.15, 0.2) is 0 Å². The van der Waals surface area contributed by atoms with Gasteiger partial charge in [-0.05, 0) is 64.0 Å². The number of likely N-dealkylation sites (tertiary alicyclic amines) is 1. The zero-order chi connectivity index (χ0) is 13.0. The second kappa shape index (κ2) is 6.38. The van der Waals surface area contributed by atoms with Gasteiger partial charge in [-0.25, -0.2) is 0 Å². The van der Waals surface area contributed by atoms with Crippen molar-refractivity contribution >= 4 is 0 Å². The van der Waals surface area contributed by atoms with Gasteiger partial charge in [-0.1, -0.05) is 26.2 Å². The fraction of sp³-hybridized carbons (Fsp3) is 1.00. The average Bonchev–Trinajstić information content (AvgIpc) is 2.78. The van der Waals surface area contributed by atoms with E-state index in [1.54, 1.807) is 0 Å². The molecular weight excluding hydrogens is 220 g/mol. The zero-order valence-electron chi connectivity index (χ0n) is 12.5. The zero-order valence-corrected chi connectivity index (χ0v) is 12.5. The lowest BCUT2D eigenvalue weighted by Gasteiger charge is -2.39. The van der Waals surface area contributed by atoms with Crippen LogP contribution in [-0.2, 0) is 0 Å². The van der Waals surface area contributed by atoms with Gasteiger partial charge in [0.05, 0.1) is 0 Å². The van der Waals surface area contributed by atoms with Crippen LogP contribution in [0.15, 0.2) is 0 Å². The van der Waals surface area contributed by atoms with Crippen LogP contribution in [0.5, 0.6) is 0 Å². The molecule has 0 aromatic carbocycles. The monoisotopic (exact) mass is 252 g/mol. The molecule has 0 bridgehead atoms. The summed E-state index contributed by atoms with van der Waals surface area (Å²) in [5.74, 6) is 0. The van der Waals surface area contributed by atoms with Crippen molar-refractivity contribution in [2.24, 2.45) is 11.1 Å². The Morgan fingerprint density at radius 2 is 1.89 bits per heavy atom. The predicted octanol–water partition coefficient (Wildman–Crippen LogP) is 3.55. The van der Waals surface area contributed by atoms with Gasteiger partial charge in [-0.2, -0.15) is 0 Å². The van der Waals surface area contributed by atoms with E-state index in [-0.39, 0.29) is 0 Å². The minimum atomic E-state index is 0.485. The van der Waals surface area contributed by atoms with Gasteiger partial charge >= 0.3 is 0 Å². The van der Waals surface area contributed by atoms with E-state index in [0.29, 0.717) is 5.41 Å². The topological polar surface area (TPSA) is 29.3 Å². The van der Waals surface area contributed by atoms with Gasteiger partial charge < -0.3 is 5.73 Å². The average molecular weight is 252 g/mol. The number of rotatable bonds is 5. The maximum absolute atomic E-state index is 6.11. The van der Waals surface area contributed by atoms with Crippen LogP contribution in [0.25, 0.3) is 0 Å². The summed E-state index contributed by atoms with van der Waals surface area (Å²) in [5.41, 5.74) is 6.59. The van der Waals surface area contributed by atoms with E-state index in [4.69, 9.17) is 5.73 Å². The molecule has 18 heavy (non-hydrogen) atoms. The summed E-state index contributed by atoms with van der Waals surface area (Å²) in [7, 11) is 0. The number of nitrogens with zero attached hydrogens (tertiary/aromatic N) is 1. The van der Waals surface area contributed by atoms with E-state index in [0.717, 1.165) is 18.6 Å². The van der Waals surface area contributed by atoms with Crippen molar-refractivity contribution < 1.29 is 0 Å². The standard InChI is InChI=1S/C16H32N2/c1-3-15-8-7-14(2)18(15)12-11-16(13-17)9-5-4-6-10-16/h14-15H,3-13,17H2,1-2H3.